The molecular weight excluding hydrogens is 240 g/mol. The van der Waals surface area contributed by atoms with Gasteiger partial charge in [-0.25, -0.2) is 8.42 Å². The zero-order valence-electron chi connectivity index (χ0n) is 9.80. The Bertz CT molecular complexity index is 511. The van der Waals surface area contributed by atoms with E-state index in [-0.39, 0.29) is 23.3 Å². The number of hydrogen-bond acceptors (Lipinski definition) is 4. The monoisotopic (exact) mass is 256 g/mol. The fourth-order valence-corrected chi connectivity index (χ4v) is 2.10. The van der Waals surface area contributed by atoms with Gasteiger partial charge in [0, 0.05) is 18.7 Å². The number of amides is 1. The highest BCUT2D eigenvalue weighted by molar-refractivity contribution is 7.90. The molecule has 5 nitrogen and oxygen atoms in total. The summed E-state index contributed by atoms with van der Waals surface area (Å²) in [7, 11) is -3.36. The van der Waals surface area contributed by atoms with E-state index in [9.17, 15) is 13.2 Å². The van der Waals surface area contributed by atoms with Crippen molar-refractivity contribution in [1.82, 2.24) is 0 Å². The average Bonchev–Trinajstić information content (AvgIpc) is 2.27. The number of para-hydroxylation sites is 1. The van der Waals surface area contributed by atoms with Gasteiger partial charge in [0.05, 0.1) is 10.6 Å². The zero-order chi connectivity index (χ0) is 13.1. The molecule has 0 spiro atoms. The molecule has 0 aromatic heterocycles. The lowest BCUT2D eigenvalue weighted by Gasteiger charge is -2.12. The number of nitrogens with two attached hydrogens (primary N) is 1. The first-order valence-corrected chi connectivity index (χ1v) is 7.05. The summed E-state index contributed by atoms with van der Waals surface area (Å²) in [6, 6.07) is 6.28. The summed E-state index contributed by atoms with van der Waals surface area (Å²) in [5, 5.41) is 2.57. The lowest BCUT2D eigenvalue weighted by Crippen LogP contribution is -2.27. The highest BCUT2D eigenvalue weighted by Crippen LogP contribution is 2.20. The third-order valence-corrected chi connectivity index (χ3v) is 3.50. The smallest absolute Gasteiger partial charge is 0.228 e. The lowest BCUT2D eigenvalue weighted by atomic mass is 10.1. The van der Waals surface area contributed by atoms with E-state index in [2.05, 4.69) is 5.32 Å². The second-order valence-corrected chi connectivity index (χ2v) is 5.88. The molecule has 1 atom stereocenters. The Hall–Kier alpha value is -1.40. The first-order chi connectivity index (χ1) is 7.86. The first kappa shape index (κ1) is 13.7. The molecule has 6 heteroatoms. The van der Waals surface area contributed by atoms with Crippen LogP contribution in [0, 0.1) is 5.92 Å². The molecule has 3 N–H and O–H groups in total. The number of anilines is 1. The van der Waals surface area contributed by atoms with Gasteiger partial charge >= 0.3 is 0 Å². The third kappa shape index (κ3) is 3.54. The van der Waals surface area contributed by atoms with Crippen molar-refractivity contribution in [2.75, 3.05) is 18.1 Å². The van der Waals surface area contributed by atoms with Crippen molar-refractivity contribution >= 4 is 21.4 Å². The van der Waals surface area contributed by atoms with Crippen molar-refractivity contribution in [2.45, 2.75) is 11.8 Å². The maximum atomic E-state index is 11.6. The summed E-state index contributed by atoms with van der Waals surface area (Å²) >= 11 is 0. The van der Waals surface area contributed by atoms with Crippen LogP contribution in [-0.4, -0.2) is 27.1 Å². The molecule has 1 amide bonds. The van der Waals surface area contributed by atoms with E-state index in [1.807, 2.05) is 0 Å². The van der Waals surface area contributed by atoms with Crippen LogP contribution in [0.15, 0.2) is 29.2 Å². The van der Waals surface area contributed by atoms with Gasteiger partial charge in [-0.1, -0.05) is 19.1 Å². The minimum atomic E-state index is -3.36. The Labute approximate surface area is 101 Å². The molecule has 0 aliphatic heterocycles. The minimum absolute atomic E-state index is 0.109. The lowest BCUT2D eigenvalue weighted by molar-refractivity contribution is -0.119. The molecule has 94 valence electrons. The van der Waals surface area contributed by atoms with Gasteiger partial charge in [0.2, 0.25) is 5.91 Å². The Morgan fingerprint density at radius 1 is 1.41 bits per heavy atom. The topological polar surface area (TPSA) is 89.3 Å². The normalized spacial score (nSPS) is 13.1. The number of hydrogen-bond donors (Lipinski definition) is 2. The van der Waals surface area contributed by atoms with Crippen LogP contribution >= 0.6 is 0 Å². The van der Waals surface area contributed by atoms with E-state index in [4.69, 9.17) is 5.73 Å². The van der Waals surface area contributed by atoms with Crippen molar-refractivity contribution < 1.29 is 13.2 Å². The number of sulfone groups is 1. The molecular formula is C11H16N2O3S. The Kier molecular flexibility index (Phi) is 4.25. The first-order valence-electron chi connectivity index (χ1n) is 5.16. The Morgan fingerprint density at radius 2 is 2.00 bits per heavy atom. The van der Waals surface area contributed by atoms with Crippen LogP contribution in [0.25, 0.3) is 0 Å². The van der Waals surface area contributed by atoms with Gasteiger partial charge in [0.1, 0.15) is 0 Å². The maximum absolute atomic E-state index is 11.6. The molecule has 1 rings (SSSR count). The van der Waals surface area contributed by atoms with Crippen molar-refractivity contribution in [2.24, 2.45) is 11.7 Å². The van der Waals surface area contributed by atoms with Crippen LogP contribution in [0.4, 0.5) is 5.69 Å². The number of carbonyl (C=O) groups is 1. The highest BCUT2D eigenvalue weighted by Gasteiger charge is 2.16. The predicted molar refractivity (Wildman–Crippen MR) is 66.4 cm³/mol. The zero-order valence-corrected chi connectivity index (χ0v) is 10.6. The molecule has 0 aliphatic carbocycles. The number of nitrogens with one attached hydrogen (secondary N) is 1. The molecule has 0 saturated carbocycles. The molecule has 1 aromatic rings. The molecule has 0 bridgehead atoms. The largest absolute Gasteiger partial charge is 0.330 e. The summed E-state index contributed by atoms with van der Waals surface area (Å²) in [5.41, 5.74) is 5.66. The van der Waals surface area contributed by atoms with Gasteiger partial charge in [-0.2, -0.15) is 0 Å². The summed E-state index contributed by atoms with van der Waals surface area (Å²) in [6.07, 6.45) is 1.10. The van der Waals surface area contributed by atoms with E-state index < -0.39 is 9.84 Å². The molecule has 1 aromatic carbocycles. The van der Waals surface area contributed by atoms with Gasteiger partial charge in [-0.05, 0) is 12.1 Å². The summed E-state index contributed by atoms with van der Waals surface area (Å²) < 4.78 is 23.0. The van der Waals surface area contributed by atoms with E-state index >= 15 is 0 Å². The van der Waals surface area contributed by atoms with Crippen LogP contribution < -0.4 is 11.1 Å². The van der Waals surface area contributed by atoms with Crippen molar-refractivity contribution in [1.29, 1.82) is 0 Å². The minimum Gasteiger partial charge on any atom is -0.330 e. The molecule has 17 heavy (non-hydrogen) atoms. The standard InChI is InChI=1S/C11H16N2O3S/c1-8(7-12)11(14)13-9-5-3-4-6-10(9)17(2,15)16/h3-6,8H,7,12H2,1-2H3,(H,13,14). The van der Waals surface area contributed by atoms with E-state index in [1.165, 1.54) is 6.07 Å². The van der Waals surface area contributed by atoms with Crippen LogP contribution in [0.2, 0.25) is 0 Å². The van der Waals surface area contributed by atoms with Gasteiger partial charge in [0.15, 0.2) is 9.84 Å². The highest BCUT2D eigenvalue weighted by atomic mass is 32.2. The Balaban J connectivity index is 3.04. The Morgan fingerprint density at radius 3 is 2.53 bits per heavy atom. The third-order valence-electron chi connectivity index (χ3n) is 2.35. The quantitative estimate of drug-likeness (QED) is 0.826. The van der Waals surface area contributed by atoms with Crippen LogP contribution in [0.1, 0.15) is 6.92 Å². The van der Waals surface area contributed by atoms with Crippen LogP contribution in [0.5, 0.6) is 0 Å². The van der Waals surface area contributed by atoms with E-state index in [0.29, 0.717) is 5.69 Å². The van der Waals surface area contributed by atoms with Crippen molar-refractivity contribution in [3.8, 4) is 0 Å². The fraction of sp³-hybridized carbons (Fsp3) is 0.364. The second-order valence-electron chi connectivity index (χ2n) is 3.89. The molecule has 0 fully saturated rings. The molecule has 0 aliphatic rings. The van der Waals surface area contributed by atoms with Crippen LogP contribution in [-0.2, 0) is 14.6 Å². The molecule has 1 unspecified atom stereocenters. The summed E-state index contributed by atoms with van der Waals surface area (Å²) in [6.45, 7) is 1.89. The SMILES string of the molecule is CC(CN)C(=O)Nc1ccccc1S(C)(=O)=O. The van der Waals surface area contributed by atoms with Crippen LogP contribution in [0.3, 0.4) is 0 Å². The van der Waals surface area contributed by atoms with Gasteiger partial charge in [0.25, 0.3) is 0 Å². The fourth-order valence-electron chi connectivity index (χ4n) is 1.26. The summed E-state index contributed by atoms with van der Waals surface area (Å²) in [4.78, 5) is 11.7. The molecule has 0 heterocycles. The van der Waals surface area contributed by atoms with Gasteiger partial charge < -0.3 is 11.1 Å². The molecule has 0 saturated heterocycles. The van der Waals surface area contributed by atoms with E-state index in [0.717, 1.165) is 6.26 Å². The number of benzene rings is 1. The maximum Gasteiger partial charge on any atom is 0.228 e. The van der Waals surface area contributed by atoms with Gasteiger partial charge in [-0.3, -0.25) is 4.79 Å². The number of carbonyl (C=O) groups excluding carboxylic acids is 1. The van der Waals surface area contributed by atoms with Crippen molar-refractivity contribution in [3.05, 3.63) is 24.3 Å². The second kappa shape index (κ2) is 5.29. The molecule has 0 radical (unpaired) electrons. The van der Waals surface area contributed by atoms with Gasteiger partial charge in [-0.15, -0.1) is 0 Å². The summed E-state index contributed by atoms with van der Waals surface area (Å²) in [5.74, 6) is -0.647. The van der Waals surface area contributed by atoms with Crippen molar-refractivity contribution in [3.63, 3.8) is 0 Å². The predicted octanol–water partition coefficient (Wildman–Crippen LogP) is 0.623. The average molecular weight is 256 g/mol. The number of rotatable bonds is 4. The van der Waals surface area contributed by atoms with E-state index in [1.54, 1.807) is 25.1 Å².